The molecular formula is C6H15ClN2O2S. The minimum atomic E-state index is -0.339. The normalized spacial score (nSPS) is 20.2. The molecular weight excluding hydrogens is 200 g/mol. The molecule has 0 aliphatic carbocycles. The summed E-state index contributed by atoms with van der Waals surface area (Å²) in [7, 11) is 1.37. The largest absolute Gasteiger partial charge is 0.453 e. The van der Waals surface area contributed by atoms with Gasteiger partial charge >= 0.3 is 6.09 Å². The lowest BCUT2D eigenvalue weighted by Gasteiger charge is -2.08. The van der Waals surface area contributed by atoms with Gasteiger partial charge in [0.15, 0.2) is 0 Å². The van der Waals surface area contributed by atoms with E-state index in [1.807, 2.05) is 0 Å². The number of alkyl carbamates (subject to hydrolysis) is 1. The zero-order chi connectivity index (χ0) is 7.40. The second kappa shape index (κ2) is 7.52. The topological polar surface area (TPSA) is 50.4 Å². The highest BCUT2D eigenvalue weighted by molar-refractivity contribution is 7.59. The fraction of sp³-hybridized carbons (Fsp3) is 0.833. The molecule has 4 nitrogen and oxygen atoms in total. The summed E-state index contributed by atoms with van der Waals surface area (Å²) in [5.41, 5.74) is 0. The number of nitrogens with one attached hydrogen (secondary N) is 2. The van der Waals surface area contributed by atoms with Gasteiger partial charge in [-0.15, -0.1) is 12.4 Å². The third-order valence-electron chi connectivity index (χ3n) is 1.57. The van der Waals surface area contributed by atoms with Crippen LogP contribution in [0.2, 0.25) is 0 Å². The third kappa shape index (κ3) is 4.69. The number of rotatable bonds is 1. The summed E-state index contributed by atoms with van der Waals surface area (Å²) < 4.78 is 4.43. The molecule has 74 valence electrons. The van der Waals surface area contributed by atoms with Gasteiger partial charge in [0.25, 0.3) is 0 Å². The Morgan fingerprint density at radius 1 is 1.67 bits per heavy atom. The van der Waals surface area contributed by atoms with Crippen molar-refractivity contribution in [3.8, 4) is 0 Å². The molecule has 1 rings (SSSR count). The first-order valence-electron chi connectivity index (χ1n) is 3.38. The van der Waals surface area contributed by atoms with Crippen molar-refractivity contribution in [2.75, 3.05) is 20.2 Å². The van der Waals surface area contributed by atoms with E-state index in [0.717, 1.165) is 19.5 Å². The van der Waals surface area contributed by atoms with Crippen molar-refractivity contribution in [2.45, 2.75) is 12.5 Å². The molecule has 0 aromatic carbocycles. The average Bonchev–Trinajstić information content (AvgIpc) is 2.40. The van der Waals surface area contributed by atoms with Gasteiger partial charge in [0.05, 0.1) is 7.11 Å². The van der Waals surface area contributed by atoms with Gasteiger partial charge in [-0.05, 0) is 13.0 Å². The molecule has 1 aliphatic heterocycles. The van der Waals surface area contributed by atoms with Crippen molar-refractivity contribution < 1.29 is 9.53 Å². The van der Waals surface area contributed by atoms with Crippen LogP contribution in [0.1, 0.15) is 6.42 Å². The number of hydrogen-bond donors (Lipinski definition) is 2. The number of methoxy groups -OCH3 is 1. The summed E-state index contributed by atoms with van der Waals surface area (Å²) in [4.78, 5) is 10.6. The predicted molar refractivity (Wildman–Crippen MR) is 54.4 cm³/mol. The van der Waals surface area contributed by atoms with E-state index in [4.69, 9.17) is 0 Å². The molecule has 0 unspecified atom stereocenters. The van der Waals surface area contributed by atoms with E-state index >= 15 is 0 Å². The maximum atomic E-state index is 10.6. The van der Waals surface area contributed by atoms with E-state index < -0.39 is 0 Å². The zero-order valence-corrected chi connectivity index (χ0v) is 8.74. The Morgan fingerprint density at radius 2 is 2.33 bits per heavy atom. The van der Waals surface area contributed by atoms with E-state index in [1.54, 1.807) is 0 Å². The molecule has 0 saturated carbocycles. The third-order valence-corrected chi connectivity index (χ3v) is 1.57. The summed E-state index contributed by atoms with van der Waals surface area (Å²) >= 11 is 0. The van der Waals surface area contributed by atoms with Crippen LogP contribution in [-0.2, 0) is 4.74 Å². The Hall–Kier alpha value is -0.130. The van der Waals surface area contributed by atoms with Crippen molar-refractivity contribution in [3.05, 3.63) is 0 Å². The lowest BCUT2D eigenvalue weighted by atomic mass is 10.3. The summed E-state index contributed by atoms with van der Waals surface area (Å²) in [6.07, 6.45) is 0.656. The molecule has 1 heterocycles. The first-order valence-corrected chi connectivity index (χ1v) is 3.38. The quantitative estimate of drug-likeness (QED) is 0.658. The second-order valence-electron chi connectivity index (χ2n) is 2.33. The van der Waals surface area contributed by atoms with E-state index in [1.165, 1.54) is 7.11 Å². The van der Waals surface area contributed by atoms with Crippen LogP contribution in [0, 0.1) is 0 Å². The Labute approximate surface area is 85.3 Å². The van der Waals surface area contributed by atoms with E-state index in [0.29, 0.717) is 0 Å². The zero-order valence-electron chi connectivity index (χ0n) is 6.92. The van der Waals surface area contributed by atoms with Gasteiger partial charge in [0.2, 0.25) is 0 Å². The van der Waals surface area contributed by atoms with E-state index in [2.05, 4.69) is 15.4 Å². The number of carbonyl (C=O) groups excluding carboxylic acids is 1. The Kier molecular flexibility index (Phi) is 9.02. The Morgan fingerprint density at radius 3 is 2.75 bits per heavy atom. The second-order valence-corrected chi connectivity index (χ2v) is 2.33. The fourth-order valence-electron chi connectivity index (χ4n) is 1.00. The number of ether oxygens (including phenoxy) is 1. The maximum Gasteiger partial charge on any atom is 0.407 e. The van der Waals surface area contributed by atoms with Gasteiger partial charge in [-0.25, -0.2) is 4.79 Å². The summed E-state index contributed by atoms with van der Waals surface area (Å²) in [6.45, 7) is 1.84. The highest BCUT2D eigenvalue weighted by Crippen LogP contribution is 1.96. The van der Waals surface area contributed by atoms with Crippen LogP contribution in [0.5, 0.6) is 0 Å². The minimum Gasteiger partial charge on any atom is -0.453 e. The molecule has 1 atom stereocenters. The molecule has 2 N–H and O–H groups in total. The molecule has 0 spiro atoms. The summed E-state index contributed by atoms with van der Waals surface area (Å²) in [5.74, 6) is 0. The van der Waals surface area contributed by atoms with Crippen LogP contribution in [0.25, 0.3) is 0 Å². The van der Waals surface area contributed by atoms with Crippen molar-refractivity contribution in [3.63, 3.8) is 0 Å². The van der Waals surface area contributed by atoms with Crippen LogP contribution in [0.15, 0.2) is 0 Å². The van der Waals surface area contributed by atoms with E-state index in [9.17, 15) is 4.79 Å². The Balaban J connectivity index is 0. The molecule has 0 radical (unpaired) electrons. The van der Waals surface area contributed by atoms with Crippen LogP contribution in [0.3, 0.4) is 0 Å². The molecule has 0 bridgehead atoms. The molecule has 1 fully saturated rings. The predicted octanol–water partition coefficient (Wildman–Crippen LogP) is 0.239. The first kappa shape index (κ1) is 14.4. The molecule has 1 amide bonds. The van der Waals surface area contributed by atoms with Gasteiger partial charge in [0, 0.05) is 12.6 Å². The highest BCUT2D eigenvalue weighted by Gasteiger charge is 2.15. The van der Waals surface area contributed by atoms with Crippen molar-refractivity contribution in [1.82, 2.24) is 10.6 Å². The van der Waals surface area contributed by atoms with Gasteiger partial charge in [-0.1, -0.05) is 0 Å². The minimum absolute atomic E-state index is 0. The number of halogens is 1. The van der Waals surface area contributed by atoms with Crippen molar-refractivity contribution in [1.29, 1.82) is 0 Å². The highest BCUT2D eigenvalue weighted by atomic mass is 35.5. The summed E-state index contributed by atoms with van der Waals surface area (Å²) in [5, 5.41) is 5.84. The van der Waals surface area contributed by atoms with Crippen molar-refractivity contribution in [2.24, 2.45) is 0 Å². The monoisotopic (exact) mass is 214 g/mol. The van der Waals surface area contributed by atoms with Crippen molar-refractivity contribution >= 4 is 32.0 Å². The standard InChI is InChI=1S/C6H12N2O2.ClH.H2S/c1-10-6(9)8-5-2-3-7-4-5;;/h5,7H,2-4H2,1H3,(H,8,9);1H;1H2/t5-;;/m0../s1. The summed E-state index contributed by atoms with van der Waals surface area (Å²) in [6, 6.07) is 0.257. The number of carbonyl (C=O) groups is 1. The van der Waals surface area contributed by atoms with Gasteiger partial charge in [0.1, 0.15) is 0 Å². The molecule has 1 aliphatic rings. The van der Waals surface area contributed by atoms with Crippen LogP contribution < -0.4 is 10.6 Å². The van der Waals surface area contributed by atoms with Crippen LogP contribution in [0.4, 0.5) is 4.79 Å². The molecule has 12 heavy (non-hydrogen) atoms. The van der Waals surface area contributed by atoms with Crippen LogP contribution >= 0.6 is 25.9 Å². The lowest BCUT2D eigenvalue weighted by molar-refractivity contribution is 0.167. The Bertz CT molecular complexity index is 131. The fourth-order valence-corrected chi connectivity index (χ4v) is 1.00. The van der Waals surface area contributed by atoms with E-state index in [-0.39, 0.29) is 38.0 Å². The van der Waals surface area contributed by atoms with Crippen LogP contribution in [-0.4, -0.2) is 32.3 Å². The lowest BCUT2D eigenvalue weighted by Crippen LogP contribution is -2.35. The average molecular weight is 215 g/mol. The van der Waals surface area contributed by atoms with Gasteiger partial charge in [-0.2, -0.15) is 13.5 Å². The smallest absolute Gasteiger partial charge is 0.407 e. The molecule has 0 aromatic heterocycles. The van der Waals surface area contributed by atoms with Gasteiger partial charge in [-0.3, -0.25) is 0 Å². The van der Waals surface area contributed by atoms with Gasteiger partial charge < -0.3 is 15.4 Å². The number of hydrogen-bond acceptors (Lipinski definition) is 3. The molecule has 1 saturated heterocycles. The molecule has 6 heteroatoms. The first-order chi connectivity index (χ1) is 4.83. The number of amides is 1. The maximum absolute atomic E-state index is 10.6. The molecule has 0 aromatic rings. The SMILES string of the molecule is COC(=O)N[C@H]1CCNC1.Cl.S.